The largest absolute Gasteiger partial charge is 0.418 e. The molecule has 142 valence electrons. The molecule has 4 rings (SSSR count). The van der Waals surface area contributed by atoms with E-state index in [-0.39, 0.29) is 9.92 Å². The van der Waals surface area contributed by atoms with Crippen molar-refractivity contribution in [2.75, 3.05) is 18.0 Å². The average molecular weight is 467 g/mol. The topological polar surface area (TPSA) is 63.4 Å². The third-order valence-corrected chi connectivity index (χ3v) is 7.64. The Labute approximate surface area is 171 Å². The van der Waals surface area contributed by atoms with Gasteiger partial charge < -0.3 is 9.32 Å². The first-order chi connectivity index (χ1) is 13.1. The number of halogens is 1. The summed E-state index contributed by atoms with van der Waals surface area (Å²) >= 11 is 4.83. The fraction of sp³-hybridized carbons (Fsp3) is 0.316. The fourth-order valence-corrected chi connectivity index (χ4v) is 5.41. The number of oxazole rings is 1. The molecular formula is C19H19BrN2O3S2. The summed E-state index contributed by atoms with van der Waals surface area (Å²) in [6.07, 6.45) is 4.34. The van der Waals surface area contributed by atoms with Crippen LogP contribution >= 0.6 is 27.3 Å². The van der Waals surface area contributed by atoms with Crippen molar-refractivity contribution in [3.05, 3.63) is 46.3 Å². The molecule has 0 amide bonds. The maximum Gasteiger partial charge on any atom is 0.240 e. The molecule has 0 aliphatic carbocycles. The molecule has 0 unspecified atom stereocenters. The Morgan fingerprint density at radius 3 is 2.37 bits per heavy atom. The molecule has 1 fully saturated rings. The highest BCUT2D eigenvalue weighted by molar-refractivity contribution is 9.10. The molecule has 0 spiro atoms. The van der Waals surface area contributed by atoms with Gasteiger partial charge in [-0.05, 0) is 48.6 Å². The minimum Gasteiger partial charge on any atom is -0.418 e. The number of aromatic nitrogens is 1. The van der Waals surface area contributed by atoms with Crippen LogP contribution in [0.15, 0.2) is 60.6 Å². The molecule has 0 atom stereocenters. The van der Waals surface area contributed by atoms with Crippen LogP contribution in [0, 0.1) is 0 Å². The molecule has 0 bridgehead atoms. The van der Waals surface area contributed by atoms with Crippen molar-refractivity contribution in [1.29, 1.82) is 0 Å². The van der Waals surface area contributed by atoms with Crippen molar-refractivity contribution in [3.63, 3.8) is 0 Å². The van der Waals surface area contributed by atoms with Gasteiger partial charge in [-0.1, -0.05) is 34.8 Å². The lowest BCUT2D eigenvalue weighted by Gasteiger charge is -2.20. The number of hydrogen-bond acceptors (Lipinski definition) is 6. The van der Waals surface area contributed by atoms with E-state index in [1.807, 2.05) is 22.4 Å². The minimum atomic E-state index is -3.78. The van der Waals surface area contributed by atoms with Gasteiger partial charge in [0.2, 0.25) is 26.6 Å². The highest BCUT2D eigenvalue weighted by Gasteiger charge is 2.31. The van der Waals surface area contributed by atoms with E-state index >= 15 is 0 Å². The van der Waals surface area contributed by atoms with Crippen LogP contribution in [0.3, 0.4) is 0 Å². The third kappa shape index (κ3) is 3.83. The van der Waals surface area contributed by atoms with Crippen molar-refractivity contribution >= 4 is 43.0 Å². The summed E-state index contributed by atoms with van der Waals surface area (Å²) in [5.74, 6) is 0.725. The molecule has 3 heterocycles. The predicted octanol–water partition coefficient (Wildman–Crippen LogP) is 5.38. The Balaban J connectivity index is 1.83. The lowest BCUT2D eigenvalue weighted by molar-refractivity contribution is 0.544. The zero-order chi connectivity index (χ0) is 18.9. The first-order valence-corrected chi connectivity index (χ1v) is 12.0. The Morgan fingerprint density at radius 1 is 1.04 bits per heavy atom. The summed E-state index contributed by atoms with van der Waals surface area (Å²) in [7, 11) is -3.78. The Morgan fingerprint density at radius 2 is 1.74 bits per heavy atom. The summed E-state index contributed by atoms with van der Waals surface area (Å²) < 4.78 is 33.5. The first kappa shape index (κ1) is 18.7. The van der Waals surface area contributed by atoms with Crippen molar-refractivity contribution < 1.29 is 12.8 Å². The molecule has 0 radical (unpaired) electrons. The van der Waals surface area contributed by atoms with Gasteiger partial charge in [0.15, 0.2) is 0 Å². The Bertz CT molecular complexity index is 1000. The second-order valence-corrected chi connectivity index (χ2v) is 10.2. The molecule has 2 aromatic heterocycles. The van der Waals surface area contributed by atoms with Gasteiger partial charge in [-0.2, -0.15) is 4.98 Å². The van der Waals surface area contributed by atoms with Gasteiger partial charge in [0, 0.05) is 17.6 Å². The lowest BCUT2D eigenvalue weighted by atomic mass is 10.2. The van der Waals surface area contributed by atoms with Crippen LogP contribution in [0.5, 0.6) is 0 Å². The smallest absolute Gasteiger partial charge is 0.240 e. The van der Waals surface area contributed by atoms with Crippen LogP contribution in [0.4, 0.5) is 5.88 Å². The van der Waals surface area contributed by atoms with Gasteiger partial charge in [0.1, 0.15) is 0 Å². The Kier molecular flexibility index (Phi) is 5.39. The number of benzene rings is 1. The van der Waals surface area contributed by atoms with Gasteiger partial charge in [-0.3, -0.25) is 0 Å². The van der Waals surface area contributed by atoms with Gasteiger partial charge >= 0.3 is 0 Å². The summed E-state index contributed by atoms with van der Waals surface area (Å²) in [6, 6.07) is 10.4. The molecule has 0 N–H and O–H groups in total. The molecule has 27 heavy (non-hydrogen) atoms. The highest BCUT2D eigenvalue weighted by atomic mass is 79.9. The molecule has 1 aromatic carbocycles. The quantitative estimate of drug-likeness (QED) is 0.516. The van der Waals surface area contributed by atoms with E-state index in [9.17, 15) is 8.42 Å². The van der Waals surface area contributed by atoms with E-state index < -0.39 is 9.84 Å². The van der Waals surface area contributed by atoms with Gasteiger partial charge in [0.05, 0.1) is 9.77 Å². The van der Waals surface area contributed by atoms with Crippen molar-refractivity contribution in [2.24, 2.45) is 0 Å². The second kappa shape index (κ2) is 7.77. The summed E-state index contributed by atoms with van der Waals surface area (Å²) in [4.78, 5) is 7.50. The van der Waals surface area contributed by atoms with Crippen LogP contribution in [0.2, 0.25) is 0 Å². The lowest BCUT2D eigenvalue weighted by Crippen LogP contribution is -2.25. The molecule has 1 saturated heterocycles. The predicted molar refractivity (Wildman–Crippen MR) is 110 cm³/mol. The molecule has 1 aliphatic heterocycles. The van der Waals surface area contributed by atoms with Crippen molar-refractivity contribution in [1.82, 2.24) is 4.98 Å². The molecule has 3 aromatic rings. The van der Waals surface area contributed by atoms with Crippen LogP contribution in [-0.2, 0) is 9.84 Å². The number of hydrogen-bond donors (Lipinski definition) is 0. The van der Waals surface area contributed by atoms with E-state index in [2.05, 4.69) is 20.9 Å². The standard InChI is InChI=1S/C19H19BrN2O3S2/c20-14-7-9-15(10-8-14)27(23,24)18-19(22-11-3-1-2-4-12-22)25-17(21-18)16-6-5-13-26-16/h5-10,13H,1-4,11-12H2. The van der Waals surface area contributed by atoms with Crippen LogP contribution in [0.1, 0.15) is 25.7 Å². The highest BCUT2D eigenvalue weighted by Crippen LogP contribution is 2.37. The van der Waals surface area contributed by atoms with Crippen molar-refractivity contribution in [2.45, 2.75) is 35.6 Å². The minimum absolute atomic E-state index is 0.00937. The zero-order valence-corrected chi connectivity index (χ0v) is 17.8. The van der Waals surface area contributed by atoms with Gasteiger partial charge in [0.25, 0.3) is 0 Å². The fourth-order valence-electron chi connectivity index (χ4n) is 3.18. The third-order valence-electron chi connectivity index (χ3n) is 4.58. The molecule has 8 heteroatoms. The molecule has 5 nitrogen and oxygen atoms in total. The van der Waals surface area contributed by atoms with Crippen LogP contribution in [-0.4, -0.2) is 26.5 Å². The van der Waals surface area contributed by atoms with Gasteiger partial charge in [-0.15, -0.1) is 11.3 Å². The molecule has 1 aliphatic rings. The summed E-state index contributed by atoms with van der Waals surface area (Å²) in [5, 5.41) is 1.93. The zero-order valence-electron chi connectivity index (χ0n) is 14.6. The molecule has 0 saturated carbocycles. The maximum atomic E-state index is 13.3. The summed E-state index contributed by atoms with van der Waals surface area (Å²) in [6.45, 7) is 1.56. The van der Waals surface area contributed by atoms with E-state index in [1.54, 1.807) is 24.3 Å². The number of nitrogens with zero attached hydrogens (tertiary/aromatic N) is 2. The monoisotopic (exact) mass is 466 g/mol. The maximum absolute atomic E-state index is 13.3. The number of thiophene rings is 1. The van der Waals surface area contributed by atoms with E-state index in [0.717, 1.165) is 48.1 Å². The SMILES string of the molecule is O=S(=O)(c1ccc(Br)cc1)c1nc(-c2cccs2)oc1N1CCCCCC1. The second-order valence-electron chi connectivity index (χ2n) is 6.47. The normalized spacial score (nSPS) is 15.7. The van der Waals surface area contributed by atoms with E-state index in [1.165, 1.54) is 11.3 Å². The van der Waals surface area contributed by atoms with Crippen LogP contribution in [0.25, 0.3) is 10.8 Å². The van der Waals surface area contributed by atoms with Gasteiger partial charge in [-0.25, -0.2) is 8.42 Å². The number of sulfone groups is 1. The number of rotatable bonds is 4. The van der Waals surface area contributed by atoms with Crippen LogP contribution < -0.4 is 4.90 Å². The van der Waals surface area contributed by atoms with E-state index in [0.29, 0.717) is 11.8 Å². The Hall–Kier alpha value is -1.64. The van der Waals surface area contributed by atoms with E-state index in [4.69, 9.17) is 4.42 Å². The molecular weight excluding hydrogens is 448 g/mol. The first-order valence-electron chi connectivity index (χ1n) is 8.86. The van der Waals surface area contributed by atoms with Crippen molar-refractivity contribution in [3.8, 4) is 10.8 Å². The number of anilines is 1. The average Bonchev–Trinajstić information content (AvgIpc) is 3.27. The summed E-state index contributed by atoms with van der Waals surface area (Å²) in [5.41, 5.74) is 0.